The molecule has 0 atom stereocenters. The number of hydrogen-bond acceptors (Lipinski definition) is 4. The second kappa shape index (κ2) is 6.68. The predicted molar refractivity (Wildman–Crippen MR) is 74.7 cm³/mol. The van der Waals surface area contributed by atoms with E-state index >= 15 is 0 Å². The van der Waals surface area contributed by atoms with Crippen LogP contribution in [-0.4, -0.2) is 16.6 Å². The van der Waals surface area contributed by atoms with Crippen molar-refractivity contribution >= 4 is 5.69 Å². The van der Waals surface area contributed by atoms with E-state index < -0.39 is 4.92 Å². The van der Waals surface area contributed by atoms with Crippen LogP contribution < -0.4 is 4.74 Å². The van der Waals surface area contributed by atoms with Crippen LogP contribution in [0.2, 0.25) is 0 Å². The minimum atomic E-state index is -0.428. The van der Waals surface area contributed by atoms with Gasteiger partial charge in [0.25, 0.3) is 5.69 Å². The van der Waals surface area contributed by atoms with Gasteiger partial charge in [-0.2, -0.15) is 0 Å². The van der Waals surface area contributed by atoms with Gasteiger partial charge in [-0.05, 0) is 41.8 Å². The quantitative estimate of drug-likeness (QED) is 0.648. The molecule has 0 saturated carbocycles. The molecule has 0 radical (unpaired) electrons. The number of nitro groups is 1. The van der Waals surface area contributed by atoms with E-state index in [1.54, 1.807) is 12.1 Å². The van der Waals surface area contributed by atoms with Crippen LogP contribution in [0.5, 0.6) is 5.75 Å². The van der Waals surface area contributed by atoms with Crippen molar-refractivity contribution in [3.63, 3.8) is 0 Å². The maximum absolute atomic E-state index is 10.5. The Morgan fingerprint density at radius 1 is 1.10 bits per heavy atom. The molecular weight excluding hydrogens is 258 g/mol. The number of aliphatic hydroxyl groups is 1. The van der Waals surface area contributed by atoms with Gasteiger partial charge >= 0.3 is 0 Å². The van der Waals surface area contributed by atoms with Gasteiger partial charge in [0, 0.05) is 18.7 Å². The Morgan fingerprint density at radius 3 is 2.50 bits per heavy atom. The Bertz CT molecular complexity index is 581. The van der Waals surface area contributed by atoms with E-state index in [9.17, 15) is 10.1 Å². The number of nitrogens with zero attached hydrogens (tertiary/aromatic N) is 1. The second-order valence-corrected chi connectivity index (χ2v) is 4.33. The highest BCUT2D eigenvalue weighted by molar-refractivity contribution is 5.33. The van der Waals surface area contributed by atoms with Crippen LogP contribution in [0.1, 0.15) is 11.1 Å². The van der Waals surface area contributed by atoms with Crippen LogP contribution >= 0.6 is 0 Å². The molecule has 0 heterocycles. The summed E-state index contributed by atoms with van der Waals surface area (Å²) in [4.78, 5) is 10.1. The zero-order valence-electron chi connectivity index (χ0n) is 10.9. The largest absolute Gasteiger partial charge is 0.489 e. The lowest BCUT2D eigenvalue weighted by molar-refractivity contribution is -0.384. The Kier molecular flexibility index (Phi) is 4.68. The molecule has 1 N–H and O–H groups in total. The number of ether oxygens (including phenoxy) is 1. The number of aliphatic hydroxyl groups excluding tert-OH is 1. The minimum Gasteiger partial charge on any atom is -0.489 e. The molecular formula is C15H15NO4. The third kappa shape index (κ3) is 3.80. The van der Waals surface area contributed by atoms with Crippen molar-refractivity contribution in [2.75, 3.05) is 6.61 Å². The first-order valence-corrected chi connectivity index (χ1v) is 6.25. The van der Waals surface area contributed by atoms with E-state index in [2.05, 4.69) is 0 Å². The lowest BCUT2D eigenvalue weighted by atomic mass is 10.1. The third-order valence-electron chi connectivity index (χ3n) is 2.85. The summed E-state index contributed by atoms with van der Waals surface area (Å²) < 4.78 is 5.63. The van der Waals surface area contributed by atoms with Crippen LogP contribution in [0.25, 0.3) is 0 Å². The summed E-state index contributed by atoms with van der Waals surface area (Å²) in [5, 5.41) is 19.4. The summed E-state index contributed by atoms with van der Waals surface area (Å²) >= 11 is 0. The zero-order valence-corrected chi connectivity index (χ0v) is 10.9. The molecule has 0 fully saturated rings. The van der Waals surface area contributed by atoms with Crippen LogP contribution in [0.3, 0.4) is 0 Å². The molecule has 5 nitrogen and oxygen atoms in total. The first-order chi connectivity index (χ1) is 9.69. The van der Waals surface area contributed by atoms with E-state index in [1.165, 1.54) is 12.1 Å². The van der Waals surface area contributed by atoms with E-state index in [0.29, 0.717) is 18.8 Å². The summed E-state index contributed by atoms with van der Waals surface area (Å²) in [6.07, 6.45) is 0.592. The predicted octanol–water partition coefficient (Wildman–Crippen LogP) is 2.71. The van der Waals surface area contributed by atoms with Crippen molar-refractivity contribution in [2.24, 2.45) is 0 Å². The fourth-order valence-corrected chi connectivity index (χ4v) is 1.80. The molecule has 2 aromatic rings. The molecule has 0 bridgehead atoms. The Labute approximate surface area is 116 Å². The number of nitro benzene ring substituents is 1. The van der Waals surface area contributed by atoms with Gasteiger partial charge in [-0.25, -0.2) is 0 Å². The molecule has 20 heavy (non-hydrogen) atoms. The maximum Gasteiger partial charge on any atom is 0.269 e. The summed E-state index contributed by atoms with van der Waals surface area (Å²) in [6, 6.07) is 13.8. The summed E-state index contributed by atoms with van der Waals surface area (Å²) in [5.74, 6) is 0.717. The molecule has 0 aromatic heterocycles. The fraction of sp³-hybridized carbons (Fsp3) is 0.200. The van der Waals surface area contributed by atoms with E-state index in [4.69, 9.17) is 9.84 Å². The molecule has 0 unspecified atom stereocenters. The van der Waals surface area contributed by atoms with Crippen molar-refractivity contribution in [1.82, 2.24) is 0 Å². The summed E-state index contributed by atoms with van der Waals surface area (Å²) in [5.41, 5.74) is 1.94. The first kappa shape index (κ1) is 14.0. The van der Waals surface area contributed by atoms with Gasteiger partial charge < -0.3 is 9.84 Å². The molecule has 0 aliphatic rings. The average Bonchev–Trinajstić information content (AvgIpc) is 2.46. The molecule has 2 rings (SSSR count). The highest BCUT2D eigenvalue weighted by atomic mass is 16.6. The molecule has 0 saturated heterocycles. The van der Waals surface area contributed by atoms with E-state index in [1.807, 2.05) is 24.3 Å². The Balaban J connectivity index is 1.97. The SMILES string of the molecule is O=[N+]([O-])c1ccc(COc2cccc(CCO)c2)cc1. The number of hydrogen-bond donors (Lipinski definition) is 1. The van der Waals surface area contributed by atoms with Crippen molar-refractivity contribution < 1.29 is 14.8 Å². The van der Waals surface area contributed by atoms with Gasteiger partial charge in [-0.1, -0.05) is 12.1 Å². The Morgan fingerprint density at radius 2 is 1.85 bits per heavy atom. The standard InChI is InChI=1S/C15H15NO4/c17-9-8-12-2-1-3-15(10-12)20-11-13-4-6-14(7-5-13)16(18)19/h1-7,10,17H,8-9,11H2. The molecule has 0 aliphatic carbocycles. The van der Waals surface area contributed by atoms with Crippen molar-refractivity contribution in [1.29, 1.82) is 0 Å². The van der Waals surface area contributed by atoms with Crippen LogP contribution in [0.4, 0.5) is 5.69 Å². The summed E-state index contributed by atoms with van der Waals surface area (Å²) in [7, 11) is 0. The van der Waals surface area contributed by atoms with E-state index in [0.717, 1.165) is 11.1 Å². The van der Waals surface area contributed by atoms with Gasteiger partial charge in [0.2, 0.25) is 0 Å². The van der Waals surface area contributed by atoms with Crippen LogP contribution in [0.15, 0.2) is 48.5 Å². The minimum absolute atomic E-state index is 0.0682. The number of rotatable bonds is 6. The van der Waals surface area contributed by atoms with Gasteiger partial charge in [0.1, 0.15) is 12.4 Å². The van der Waals surface area contributed by atoms with Crippen molar-refractivity contribution in [3.05, 3.63) is 69.8 Å². The van der Waals surface area contributed by atoms with Gasteiger partial charge in [-0.3, -0.25) is 10.1 Å². The first-order valence-electron chi connectivity index (χ1n) is 6.25. The van der Waals surface area contributed by atoms with E-state index in [-0.39, 0.29) is 12.3 Å². The van der Waals surface area contributed by atoms with Gasteiger partial charge in [0.05, 0.1) is 4.92 Å². The lowest BCUT2D eigenvalue weighted by Crippen LogP contribution is -1.97. The number of benzene rings is 2. The number of non-ortho nitro benzene ring substituents is 1. The molecule has 0 aliphatic heterocycles. The fourth-order valence-electron chi connectivity index (χ4n) is 1.80. The monoisotopic (exact) mass is 273 g/mol. The molecule has 5 heteroatoms. The Hall–Kier alpha value is -2.40. The highest BCUT2D eigenvalue weighted by Crippen LogP contribution is 2.17. The average molecular weight is 273 g/mol. The maximum atomic E-state index is 10.5. The second-order valence-electron chi connectivity index (χ2n) is 4.33. The lowest BCUT2D eigenvalue weighted by Gasteiger charge is -2.07. The van der Waals surface area contributed by atoms with Gasteiger partial charge in [-0.15, -0.1) is 0 Å². The van der Waals surface area contributed by atoms with Crippen LogP contribution in [0, 0.1) is 10.1 Å². The van der Waals surface area contributed by atoms with Crippen molar-refractivity contribution in [3.8, 4) is 5.75 Å². The van der Waals surface area contributed by atoms with Gasteiger partial charge in [0.15, 0.2) is 0 Å². The smallest absolute Gasteiger partial charge is 0.269 e. The summed E-state index contributed by atoms with van der Waals surface area (Å²) in [6.45, 7) is 0.451. The van der Waals surface area contributed by atoms with Crippen molar-refractivity contribution in [2.45, 2.75) is 13.0 Å². The zero-order chi connectivity index (χ0) is 14.4. The molecule has 2 aromatic carbocycles. The molecule has 104 valence electrons. The highest BCUT2D eigenvalue weighted by Gasteiger charge is 2.04. The third-order valence-corrected chi connectivity index (χ3v) is 2.85. The topological polar surface area (TPSA) is 72.6 Å². The van der Waals surface area contributed by atoms with Crippen LogP contribution in [-0.2, 0) is 13.0 Å². The molecule has 0 amide bonds. The normalized spacial score (nSPS) is 10.2. The molecule has 0 spiro atoms.